The van der Waals surface area contributed by atoms with Crippen LogP contribution in [0.1, 0.15) is 16.7 Å². The summed E-state index contributed by atoms with van der Waals surface area (Å²) in [5.41, 5.74) is 3.84. The van der Waals surface area contributed by atoms with Gasteiger partial charge in [0, 0.05) is 19.3 Å². The van der Waals surface area contributed by atoms with Crippen LogP contribution >= 0.6 is 0 Å². The Morgan fingerprint density at radius 1 is 0.893 bits per heavy atom. The first-order chi connectivity index (χ1) is 13.5. The summed E-state index contributed by atoms with van der Waals surface area (Å²) in [6, 6.07) is 21.3. The van der Waals surface area contributed by atoms with Gasteiger partial charge in [-0.3, -0.25) is 4.31 Å². The number of aryl methyl sites for hydroxylation is 1. The molecule has 144 valence electrons. The number of anilines is 2. The summed E-state index contributed by atoms with van der Waals surface area (Å²) < 4.78 is 27.7. The standard InChI is InChI=1S/C22H23N3O2S/c1-18-9-11-19(12-10-18)16-24-14-15-25(21-8-5-13-23-22(21)24)28(26,27)17-20-6-3-2-4-7-20/h2-13H,14-17H2,1H3. The minimum absolute atomic E-state index is 0.0138. The van der Waals surface area contributed by atoms with Gasteiger partial charge in [-0.1, -0.05) is 60.2 Å². The van der Waals surface area contributed by atoms with Crippen LogP contribution in [0.25, 0.3) is 0 Å². The van der Waals surface area contributed by atoms with Gasteiger partial charge in [0.25, 0.3) is 0 Å². The van der Waals surface area contributed by atoms with Gasteiger partial charge < -0.3 is 4.90 Å². The SMILES string of the molecule is Cc1ccc(CN2CCN(S(=O)(=O)Cc3ccccc3)c3cccnc32)cc1. The van der Waals surface area contributed by atoms with E-state index in [1.807, 2.05) is 36.4 Å². The highest BCUT2D eigenvalue weighted by Crippen LogP contribution is 2.34. The van der Waals surface area contributed by atoms with E-state index in [0.717, 1.165) is 5.56 Å². The number of rotatable bonds is 5. The summed E-state index contributed by atoms with van der Waals surface area (Å²) in [7, 11) is -3.49. The van der Waals surface area contributed by atoms with Crippen LogP contribution in [-0.2, 0) is 22.3 Å². The van der Waals surface area contributed by atoms with Crippen LogP contribution in [0.3, 0.4) is 0 Å². The third-order valence-corrected chi connectivity index (χ3v) is 6.68. The van der Waals surface area contributed by atoms with Crippen LogP contribution in [0.15, 0.2) is 72.9 Å². The van der Waals surface area contributed by atoms with E-state index in [9.17, 15) is 8.42 Å². The van der Waals surface area contributed by atoms with Crippen molar-refractivity contribution in [3.05, 3.63) is 89.6 Å². The van der Waals surface area contributed by atoms with Gasteiger partial charge in [0.05, 0.1) is 18.0 Å². The Morgan fingerprint density at radius 2 is 1.64 bits per heavy atom. The first kappa shape index (κ1) is 18.5. The van der Waals surface area contributed by atoms with E-state index in [-0.39, 0.29) is 5.75 Å². The summed E-state index contributed by atoms with van der Waals surface area (Å²) in [6.45, 7) is 3.79. The zero-order chi connectivity index (χ0) is 19.6. The Balaban J connectivity index is 1.61. The van der Waals surface area contributed by atoms with Crippen molar-refractivity contribution in [1.82, 2.24) is 4.98 Å². The smallest absolute Gasteiger partial charge is 0.239 e. The third kappa shape index (κ3) is 3.87. The second kappa shape index (κ2) is 7.64. The molecule has 1 aliphatic rings. The number of sulfonamides is 1. The molecule has 0 spiro atoms. The van der Waals surface area contributed by atoms with E-state index in [1.54, 1.807) is 12.3 Å². The molecule has 0 bridgehead atoms. The quantitative estimate of drug-likeness (QED) is 0.663. The summed E-state index contributed by atoms with van der Waals surface area (Å²) in [4.78, 5) is 6.65. The van der Waals surface area contributed by atoms with Crippen LogP contribution in [0.2, 0.25) is 0 Å². The van der Waals surface area contributed by atoms with Crippen molar-refractivity contribution in [1.29, 1.82) is 0 Å². The van der Waals surface area contributed by atoms with Crippen molar-refractivity contribution in [2.45, 2.75) is 19.2 Å². The van der Waals surface area contributed by atoms with Crippen molar-refractivity contribution in [2.75, 3.05) is 22.3 Å². The number of hydrogen-bond donors (Lipinski definition) is 0. The molecule has 0 unspecified atom stereocenters. The van der Waals surface area contributed by atoms with Gasteiger partial charge in [-0.15, -0.1) is 0 Å². The minimum atomic E-state index is -3.49. The predicted molar refractivity (Wildman–Crippen MR) is 113 cm³/mol. The van der Waals surface area contributed by atoms with Gasteiger partial charge in [-0.25, -0.2) is 13.4 Å². The molecule has 6 heteroatoms. The second-order valence-corrected chi connectivity index (χ2v) is 8.96. The Bertz CT molecular complexity index is 1050. The van der Waals surface area contributed by atoms with Crippen LogP contribution in [-0.4, -0.2) is 26.5 Å². The molecule has 28 heavy (non-hydrogen) atoms. The highest BCUT2D eigenvalue weighted by Gasteiger charge is 2.31. The highest BCUT2D eigenvalue weighted by molar-refractivity contribution is 7.92. The van der Waals surface area contributed by atoms with Crippen molar-refractivity contribution in [3.8, 4) is 0 Å². The fourth-order valence-electron chi connectivity index (χ4n) is 3.48. The van der Waals surface area contributed by atoms with Crippen LogP contribution in [0.4, 0.5) is 11.5 Å². The molecule has 0 N–H and O–H groups in total. The summed E-state index contributed by atoms with van der Waals surface area (Å²) in [5.74, 6) is 0.700. The van der Waals surface area contributed by atoms with Gasteiger partial charge in [-0.2, -0.15) is 0 Å². The number of hydrogen-bond acceptors (Lipinski definition) is 4. The van der Waals surface area contributed by atoms with Gasteiger partial charge in [-0.05, 0) is 30.2 Å². The molecule has 4 rings (SSSR count). The molecule has 0 radical (unpaired) electrons. The molecule has 0 aliphatic carbocycles. The van der Waals surface area contributed by atoms with Crippen molar-refractivity contribution in [2.24, 2.45) is 0 Å². The lowest BCUT2D eigenvalue weighted by molar-refractivity contribution is 0.586. The monoisotopic (exact) mass is 393 g/mol. The van der Waals surface area contributed by atoms with E-state index in [4.69, 9.17) is 0 Å². The van der Waals surface area contributed by atoms with E-state index >= 15 is 0 Å². The summed E-state index contributed by atoms with van der Waals surface area (Å²) in [6.07, 6.45) is 1.72. The van der Waals surface area contributed by atoms with Gasteiger partial charge in [0.1, 0.15) is 0 Å². The van der Waals surface area contributed by atoms with E-state index in [0.29, 0.717) is 31.1 Å². The second-order valence-electron chi connectivity index (χ2n) is 7.07. The molecule has 0 atom stereocenters. The molecule has 1 aliphatic heterocycles. The molecule has 0 saturated carbocycles. The third-order valence-electron chi connectivity index (χ3n) is 4.93. The lowest BCUT2D eigenvalue weighted by Gasteiger charge is -2.37. The molecular weight excluding hydrogens is 370 g/mol. The molecule has 0 fully saturated rings. The number of fused-ring (bicyclic) bond motifs is 1. The molecule has 2 heterocycles. The zero-order valence-corrected chi connectivity index (χ0v) is 16.6. The summed E-state index contributed by atoms with van der Waals surface area (Å²) in [5, 5.41) is 0. The average molecular weight is 394 g/mol. The molecule has 1 aromatic heterocycles. The normalized spacial score (nSPS) is 14.0. The largest absolute Gasteiger partial charge is 0.349 e. The van der Waals surface area contributed by atoms with E-state index in [2.05, 4.69) is 41.1 Å². The molecular formula is C22H23N3O2S. The van der Waals surface area contributed by atoms with E-state index in [1.165, 1.54) is 15.4 Å². The minimum Gasteiger partial charge on any atom is -0.349 e. The van der Waals surface area contributed by atoms with Gasteiger partial charge in [0.15, 0.2) is 5.82 Å². The van der Waals surface area contributed by atoms with Crippen molar-refractivity contribution >= 4 is 21.5 Å². The van der Waals surface area contributed by atoms with Gasteiger partial charge >= 0.3 is 0 Å². The zero-order valence-electron chi connectivity index (χ0n) is 15.8. The highest BCUT2D eigenvalue weighted by atomic mass is 32.2. The predicted octanol–water partition coefficient (Wildman–Crippen LogP) is 3.75. The maximum absolute atomic E-state index is 13.1. The molecule has 0 amide bonds. The average Bonchev–Trinajstić information content (AvgIpc) is 2.70. The Kier molecular flexibility index (Phi) is 5.05. The van der Waals surface area contributed by atoms with Crippen molar-refractivity contribution in [3.63, 3.8) is 0 Å². The first-order valence-electron chi connectivity index (χ1n) is 9.33. The van der Waals surface area contributed by atoms with E-state index < -0.39 is 10.0 Å². The number of benzene rings is 2. The fraction of sp³-hybridized carbons (Fsp3) is 0.227. The lowest BCUT2D eigenvalue weighted by Crippen LogP contribution is -2.44. The molecule has 0 saturated heterocycles. The molecule has 5 nitrogen and oxygen atoms in total. The Morgan fingerprint density at radius 3 is 2.39 bits per heavy atom. The maximum atomic E-state index is 13.1. The van der Waals surface area contributed by atoms with Crippen molar-refractivity contribution < 1.29 is 8.42 Å². The maximum Gasteiger partial charge on any atom is 0.239 e. The topological polar surface area (TPSA) is 53.5 Å². The fourth-order valence-corrected chi connectivity index (χ4v) is 5.06. The Labute approximate surface area is 166 Å². The van der Waals surface area contributed by atoms with Gasteiger partial charge in [0.2, 0.25) is 10.0 Å². The number of pyridine rings is 1. The molecule has 2 aromatic carbocycles. The first-order valence-corrected chi connectivity index (χ1v) is 10.9. The number of aromatic nitrogens is 1. The molecule has 3 aromatic rings. The summed E-state index contributed by atoms with van der Waals surface area (Å²) >= 11 is 0. The Hall–Kier alpha value is -2.86. The van der Waals surface area contributed by atoms with Crippen LogP contribution in [0, 0.1) is 6.92 Å². The van der Waals surface area contributed by atoms with Crippen LogP contribution < -0.4 is 9.21 Å². The number of nitrogens with zero attached hydrogens (tertiary/aromatic N) is 3. The van der Waals surface area contributed by atoms with Crippen LogP contribution in [0.5, 0.6) is 0 Å². The lowest BCUT2D eigenvalue weighted by atomic mass is 10.1.